The van der Waals surface area contributed by atoms with Gasteiger partial charge in [0.05, 0.1) is 12.1 Å². The highest BCUT2D eigenvalue weighted by molar-refractivity contribution is 5.86. The van der Waals surface area contributed by atoms with Gasteiger partial charge >= 0.3 is 0 Å². The van der Waals surface area contributed by atoms with E-state index >= 15 is 0 Å². The molecule has 0 aromatic heterocycles. The molecule has 0 saturated carbocycles. The van der Waals surface area contributed by atoms with Crippen LogP contribution in [0.4, 0.5) is 0 Å². The zero-order chi connectivity index (χ0) is 18.8. The van der Waals surface area contributed by atoms with Crippen molar-refractivity contribution in [1.29, 1.82) is 0 Å². The van der Waals surface area contributed by atoms with Crippen LogP contribution in [0.3, 0.4) is 0 Å². The van der Waals surface area contributed by atoms with E-state index in [1.54, 1.807) is 12.2 Å². The minimum absolute atomic E-state index is 0.0753. The van der Waals surface area contributed by atoms with Gasteiger partial charge in [-0.3, -0.25) is 0 Å². The molecule has 1 unspecified atom stereocenters. The maximum Gasteiger partial charge on any atom is 0.235 e. The summed E-state index contributed by atoms with van der Waals surface area (Å²) in [4.78, 5) is 27.5. The van der Waals surface area contributed by atoms with Gasteiger partial charge in [0.2, 0.25) is 12.2 Å². The lowest BCUT2D eigenvalue weighted by atomic mass is 10.0. The molecule has 3 rings (SSSR count). The van der Waals surface area contributed by atoms with E-state index in [4.69, 9.17) is 0 Å². The van der Waals surface area contributed by atoms with E-state index in [-0.39, 0.29) is 12.1 Å². The molecule has 130 valence electrons. The summed E-state index contributed by atoms with van der Waals surface area (Å²) in [6, 6.07) is 23.6. The molecule has 3 aromatic rings. The molecule has 3 aromatic carbocycles. The highest BCUT2D eigenvalue weighted by Gasteiger charge is 2.06. The summed E-state index contributed by atoms with van der Waals surface area (Å²) in [5.74, 6) is 0. The Bertz CT molecular complexity index is 935. The van der Waals surface area contributed by atoms with E-state index < -0.39 is 0 Å². The molecule has 0 N–H and O–H groups in total. The smallest absolute Gasteiger partial charge is 0.211 e. The first kappa shape index (κ1) is 19.0. The summed E-state index contributed by atoms with van der Waals surface area (Å²) in [7, 11) is 0. The standard InChI is InChI=1S/C13H11NO.C9H9NO/c1-10(14-9-15)12-8-4-6-11-5-2-3-7-13(11)12;1-8(10-7-11)9-5-3-2-4-6-9/h2-8,10H,1H3;2-6,8H,1H3/t;8-/m.1/s1. The molecule has 0 amide bonds. The summed E-state index contributed by atoms with van der Waals surface area (Å²) in [5, 5.41) is 2.31. The predicted octanol–water partition coefficient (Wildman–Crippen LogP) is 5.32. The molecule has 0 aliphatic carbocycles. The highest BCUT2D eigenvalue weighted by atomic mass is 16.1. The van der Waals surface area contributed by atoms with Crippen LogP contribution in [0.1, 0.15) is 37.1 Å². The first-order chi connectivity index (χ1) is 12.7. The third kappa shape index (κ3) is 5.09. The van der Waals surface area contributed by atoms with Crippen LogP contribution >= 0.6 is 0 Å². The number of hydrogen-bond donors (Lipinski definition) is 0. The zero-order valence-corrected chi connectivity index (χ0v) is 14.8. The second-order valence-electron chi connectivity index (χ2n) is 5.77. The molecule has 0 bridgehead atoms. The average Bonchev–Trinajstić information content (AvgIpc) is 2.69. The summed E-state index contributed by atoms with van der Waals surface area (Å²) < 4.78 is 0. The Morgan fingerprint density at radius 1 is 0.692 bits per heavy atom. The van der Waals surface area contributed by atoms with Gasteiger partial charge in [-0.2, -0.15) is 9.98 Å². The van der Waals surface area contributed by atoms with Gasteiger partial charge in [-0.25, -0.2) is 9.59 Å². The normalized spacial score (nSPS) is 11.9. The van der Waals surface area contributed by atoms with E-state index in [0.29, 0.717) is 0 Å². The molecule has 0 heterocycles. The Balaban J connectivity index is 0.000000197. The SMILES string of the molecule is CC(N=C=O)c1cccc2ccccc12.C[C@@H](N=C=O)c1ccccc1. The Labute approximate surface area is 152 Å². The zero-order valence-electron chi connectivity index (χ0n) is 14.8. The number of fused-ring (bicyclic) bond motifs is 1. The van der Waals surface area contributed by atoms with Gasteiger partial charge in [-0.05, 0) is 35.7 Å². The molecule has 26 heavy (non-hydrogen) atoms. The van der Waals surface area contributed by atoms with Crippen molar-refractivity contribution in [1.82, 2.24) is 0 Å². The summed E-state index contributed by atoms with van der Waals surface area (Å²) in [6.45, 7) is 3.76. The van der Waals surface area contributed by atoms with Crippen molar-refractivity contribution in [2.24, 2.45) is 9.98 Å². The highest BCUT2D eigenvalue weighted by Crippen LogP contribution is 2.25. The van der Waals surface area contributed by atoms with Gasteiger partial charge in [0.15, 0.2) is 0 Å². The summed E-state index contributed by atoms with van der Waals surface area (Å²) >= 11 is 0. The number of aliphatic imine (C=N–C) groups is 2. The van der Waals surface area contributed by atoms with Gasteiger partial charge in [-0.15, -0.1) is 0 Å². The van der Waals surface area contributed by atoms with Gasteiger partial charge in [0.1, 0.15) is 0 Å². The fraction of sp³-hybridized carbons (Fsp3) is 0.182. The maximum absolute atomic E-state index is 10.2. The number of carbonyl (C=O) groups excluding carboxylic acids is 2. The molecule has 0 aliphatic rings. The van der Waals surface area contributed by atoms with E-state index in [1.165, 1.54) is 5.39 Å². The van der Waals surface area contributed by atoms with E-state index in [9.17, 15) is 9.59 Å². The summed E-state index contributed by atoms with van der Waals surface area (Å²) in [6.07, 6.45) is 3.15. The van der Waals surface area contributed by atoms with Gasteiger partial charge in [-0.1, -0.05) is 72.8 Å². The Kier molecular flexibility index (Phi) is 7.20. The Hall–Kier alpha value is -3.32. The Morgan fingerprint density at radius 2 is 1.27 bits per heavy atom. The molecular weight excluding hydrogens is 324 g/mol. The van der Waals surface area contributed by atoms with Gasteiger partial charge in [0, 0.05) is 0 Å². The van der Waals surface area contributed by atoms with Crippen LogP contribution in [-0.4, -0.2) is 12.2 Å². The van der Waals surface area contributed by atoms with Crippen LogP contribution in [0.5, 0.6) is 0 Å². The fourth-order valence-corrected chi connectivity index (χ4v) is 2.65. The third-order valence-corrected chi connectivity index (χ3v) is 4.05. The predicted molar refractivity (Wildman–Crippen MR) is 103 cm³/mol. The number of benzene rings is 3. The molecule has 0 saturated heterocycles. The fourth-order valence-electron chi connectivity index (χ4n) is 2.65. The van der Waals surface area contributed by atoms with Crippen molar-refractivity contribution >= 4 is 22.9 Å². The topological polar surface area (TPSA) is 58.9 Å². The Morgan fingerprint density at radius 3 is 1.96 bits per heavy atom. The lowest BCUT2D eigenvalue weighted by Crippen LogP contribution is -1.90. The van der Waals surface area contributed by atoms with E-state index in [2.05, 4.69) is 22.1 Å². The number of hydrogen-bond acceptors (Lipinski definition) is 4. The lowest BCUT2D eigenvalue weighted by molar-refractivity contribution is 0.559. The molecule has 0 fully saturated rings. The largest absolute Gasteiger partial charge is 0.235 e. The minimum atomic E-state index is -0.131. The van der Waals surface area contributed by atoms with Crippen LogP contribution in [0, 0.1) is 0 Å². The molecule has 0 radical (unpaired) electrons. The van der Waals surface area contributed by atoms with E-state index in [1.807, 2.05) is 74.5 Å². The van der Waals surface area contributed by atoms with Crippen LogP contribution in [-0.2, 0) is 9.59 Å². The molecular formula is C22H20N2O2. The van der Waals surface area contributed by atoms with Crippen molar-refractivity contribution in [3.05, 3.63) is 83.9 Å². The quantitative estimate of drug-likeness (QED) is 0.475. The number of isocyanates is 2. The van der Waals surface area contributed by atoms with Gasteiger partial charge in [0.25, 0.3) is 0 Å². The van der Waals surface area contributed by atoms with Crippen LogP contribution < -0.4 is 0 Å². The molecule has 0 spiro atoms. The second kappa shape index (κ2) is 9.85. The first-order valence-electron chi connectivity index (χ1n) is 8.34. The van der Waals surface area contributed by atoms with Crippen molar-refractivity contribution in [3.8, 4) is 0 Å². The molecule has 2 atom stereocenters. The average molecular weight is 344 g/mol. The maximum atomic E-state index is 10.2. The molecule has 4 nitrogen and oxygen atoms in total. The monoisotopic (exact) mass is 344 g/mol. The number of rotatable bonds is 4. The number of nitrogens with zero attached hydrogens (tertiary/aromatic N) is 2. The lowest BCUT2D eigenvalue weighted by Gasteiger charge is -2.08. The van der Waals surface area contributed by atoms with Crippen LogP contribution in [0.2, 0.25) is 0 Å². The van der Waals surface area contributed by atoms with Crippen molar-refractivity contribution < 1.29 is 9.59 Å². The third-order valence-electron chi connectivity index (χ3n) is 4.05. The van der Waals surface area contributed by atoms with Crippen molar-refractivity contribution in [3.63, 3.8) is 0 Å². The van der Waals surface area contributed by atoms with Crippen molar-refractivity contribution in [2.75, 3.05) is 0 Å². The van der Waals surface area contributed by atoms with Crippen molar-refractivity contribution in [2.45, 2.75) is 25.9 Å². The van der Waals surface area contributed by atoms with Crippen LogP contribution in [0.25, 0.3) is 10.8 Å². The van der Waals surface area contributed by atoms with E-state index in [0.717, 1.165) is 16.5 Å². The van der Waals surface area contributed by atoms with Gasteiger partial charge < -0.3 is 0 Å². The first-order valence-corrected chi connectivity index (χ1v) is 8.34. The second-order valence-corrected chi connectivity index (χ2v) is 5.77. The molecule has 0 aliphatic heterocycles. The summed E-state index contributed by atoms with van der Waals surface area (Å²) in [5.41, 5.74) is 2.10. The minimum Gasteiger partial charge on any atom is -0.211 e. The molecule has 4 heteroatoms. The van der Waals surface area contributed by atoms with Crippen LogP contribution in [0.15, 0.2) is 82.8 Å².